The number of aliphatic hydroxyl groups is 1. The van der Waals surface area contributed by atoms with Gasteiger partial charge >= 0.3 is 0 Å². The zero-order valence-electron chi connectivity index (χ0n) is 12.9. The van der Waals surface area contributed by atoms with Gasteiger partial charge in [0, 0.05) is 24.8 Å². The Morgan fingerprint density at radius 1 is 1.28 bits per heavy atom. The van der Waals surface area contributed by atoms with E-state index in [9.17, 15) is 14.3 Å². The molecular weight excluding hydrogens is 347 g/mol. The van der Waals surface area contributed by atoms with E-state index in [-0.39, 0.29) is 16.5 Å². The monoisotopic (exact) mass is 360 g/mol. The Kier molecular flexibility index (Phi) is 5.06. The Hall–Kier alpha value is -2.77. The Balaban J connectivity index is 1.73. The number of aliphatic hydroxyl groups excluding tert-OH is 1. The summed E-state index contributed by atoms with van der Waals surface area (Å²) in [5.41, 5.74) is 1.17. The second-order valence-electron chi connectivity index (χ2n) is 5.30. The number of hydrogen-bond acceptors (Lipinski definition) is 4. The first-order chi connectivity index (χ1) is 12.0. The number of nitrogens with one attached hydrogen (secondary N) is 1. The van der Waals surface area contributed by atoms with Crippen LogP contribution in [0.2, 0.25) is 5.02 Å². The van der Waals surface area contributed by atoms with Crippen LogP contribution in [-0.4, -0.2) is 25.5 Å². The lowest BCUT2D eigenvalue weighted by Gasteiger charge is -2.13. The number of carbonyl (C=O) groups is 1. The van der Waals surface area contributed by atoms with Crippen LogP contribution in [0.5, 0.6) is 0 Å². The average molecular weight is 361 g/mol. The topological polar surface area (TPSA) is 80.0 Å². The normalized spacial score (nSPS) is 12.0. The van der Waals surface area contributed by atoms with E-state index in [4.69, 9.17) is 11.6 Å². The van der Waals surface area contributed by atoms with E-state index in [0.29, 0.717) is 6.54 Å². The second-order valence-corrected chi connectivity index (χ2v) is 5.71. The maximum atomic E-state index is 13.2. The number of anilines is 1. The van der Waals surface area contributed by atoms with Gasteiger partial charge in [0.2, 0.25) is 5.95 Å². The number of rotatable bonds is 5. The molecule has 0 saturated carbocycles. The number of benzene rings is 1. The van der Waals surface area contributed by atoms with Gasteiger partial charge in [0.15, 0.2) is 6.10 Å². The Morgan fingerprint density at radius 3 is 2.76 bits per heavy atom. The molecule has 0 bridgehead atoms. The summed E-state index contributed by atoms with van der Waals surface area (Å²) in [5, 5.41) is 12.5. The summed E-state index contributed by atoms with van der Waals surface area (Å²) in [6, 6.07) is 7.31. The van der Waals surface area contributed by atoms with Crippen LogP contribution in [0.15, 0.2) is 55.1 Å². The number of hydrogen-bond donors (Lipinski definition) is 2. The lowest BCUT2D eigenvalue weighted by molar-refractivity contribution is -0.124. The fourth-order valence-electron chi connectivity index (χ4n) is 2.26. The highest BCUT2D eigenvalue weighted by molar-refractivity contribution is 6.30. The third-order valence-electron chi connectivity index (χ3n) is 3.56. The van der Waals surface area contributed by atoms with E-state index in [0.717, 1.165) is 11.6 Å². The zero-order valence-corrected chi connectivity index (χ0v) is 13.7. The molecule has 0 spiro atoms. The van der Waals surface area contributed by atoms with Gasteiger partial charge in [-0.15, -0.1) is 0 Å². The number of carbonyl (C=O) groups excluding carboxylic acids is 1. The van der Waals surface area contributed by atoms with E-state index < -0.39 is 17.8 Å². The van der Waals surface area contributed by atoms with Gasteiger partial charge in [-0.3, -0.25) is 15.1 Å². The summed E-state index contributed by atoms with van der Waals surface area (Å²) in [6.07, 6.45) is 5.10. The molecular formula is C17H14ClFN4O2. The molecule has 0 fully saturated rings. The van der Waals surface area contributed by atoms with Gasteiger partial charge in [0.1, 0.15) is 5.82 Å². The van der Waals surface area contributed by atoms with Crippen molar-refractivity contribution in [2.45, 2.75) is 12.6 Å². The number of amides is 1. The molecule has 3 rings (SSSR count). The molecule has 6 nitrogen and oxygen atoms in total. The van der Waals surface area contributed by atoms with E-state index in [1.54, 1.807) is 23.2 Å². The predicted molar refractivity (Wildman–Crippen MR) is 90.6 cm³/mol. The van der Waals surface area contributed by atoms with Gasteiger partial charge < -0.3 is 9.67 Å². The SMILES string of the molecule is O=C(Nc1nccn1Cc1ccncc1)C(O)c1ccc(F)c(Cl)c1. The van der Waals surface area contributed by atoms with Crippen molar-refractivity contribution in [3.63, 3.8) is 0 Å². The van der Waals surface area contributed by atoms with Crippen molar-refractivity contribution in [1.82, 2.24) is 14.5 Å². The summed E-state index contributed by atoms with van der Waals surface area (Å²) in [7, 11) is 0. The molecule has 3 aromatic rings. The number of imidazole rings is 1. The van der Waals surface area contributed by atoms with Gasteiger partial charge in [-0.25, -0.2) is 9.37 Å². The molecule has 25 heavy (non-hydrogen) atoms. The molecule has 128 valence electrons. The van der Waals surface area contributed by atoms with Gasteiger partial charge in [0.25, 0.3) is 5.91 Å². The summed E-state index contributed by atoms with van der Waals surface area (Å²) < 4.78 is 14.9. The van der Waals surface area contributed by atoms with Crippen molar-refractivity contribution < 1.29 is 14.3 Å². The lowest BCUT2D eigenvalue weighted by Crippen LogP contribution is -2.23. The fraction of sp³-hybridized carbons (Fsp3) is 0.118. The minimum atomic E-state index is -1.50. The number of pyridine rings is 1. The Morgan fingerprint density at radius 2 is 2.04 bits per heavy atom. The van der Waals surface area contributed by atoms with E-state index >= 15 is 0 Å². The van der Waals surface area contributed by atoms with Crippen LogP contribution in [0.3, 0.4) is 0 Å². The molecule has 0 radical (unpaired) electrons. The zero-order chi connectivity index (χ0) is 17.8. The first-order valence-corrected chi connectivity index (χ1v) is 7.76. The second kappa shape index (κ2) is 7.42. The van der Waals surface area contributed by atoms with Crippen molar-refractivity contribution in [2.75, 3.05) is 5.32 Å². The summed E-state index contributed by atoms with van der Waals surface area (Å²) in [5.74, 6) is -1.02. The molecule has 2 heterocycles. The van der Waals surface area contributed by atoms with Crippen LogP contribution in [-0.2, 0) is 11.3 Å². The lowest BCUT2D eigenvalue weighted by atomic mass is 10.1. The van der Waals surface area contributed by atoms with Crippen molar-refractivity contribution in [3.8, 4) is 0 Å². The molecule has 8 heteroatoms. The van der Waals surface area contributed by atoms with Crippen LogP contribution in [0.1, 0.15) is 17.2 Å². The molecule has 1 amide bonds. The van der Waals surface area contributed by atoms with Crippen LogP contribution in [0.4, 0.5) is 10.3 Å². The molecule has 1 atom stereocenters. The Bertz CT molecular complexity index is 885. The largest absolute Gasteiger partial charge is 0.378 e. The first kappa shape index (κ1) is 17.1. The highest BCUT2D eigenvalue weighted by atomic mass is 35.5. The molecule has 0 aliphatic rings. The average Bonchev–Trinajstić information content (AvgIpc) is 3.04. The standard InChI is InChI=1S/C17H14ClFN4O2/c18-13-9-12(1-2-14(13)19)15(24)16(25)22-17-21-7-8-23(17)10-11-3-5-20-6-4-11/h1-9,15,24H,10H2,(H,21,22,25). The number of nitrogens with zero attached hydrogens (tertiary/aromatic N) is 3. The quantitative estimate of drug-likeness (QED) is 0.733. The third-order valence-corrected chi connectivity index (χ3v) is 3.85. The number of halogens is 2. The smallest absolute Gasteiger partial charge is 0.260 e. The minimum Gasteiger partial charge on any atom is -0.378 e. The van der Waals surface area contributed by atoms with Crippen LogP contribution >= 0.6 is 11.6 Å². The molecule has 0 saturated heterocycles. The van der Waals surface area contributed by atoms with Crippen molar-refractivity contribution >= 4 is 23.5 Å². The van der Waals surface area contributed by atoms with Gasteiger partial charge in [-0.1, -0.05) is 17.7 Å². The van der Waals surface area contributed by atoms with Gasteiger partial charge in [-0.05, 0) is 35.4 Å². The Labute approximate surface area is 147 Å². The van der Waals surface area contributed by atoms with Crippen LogP contribution in [0.25, 0.3) is 0 Å². The first-order valence-electron chi connectivity index (χ1n) is 7.38. The third kappa shape index (κ3) is 4.01. The highest BCUT2D eigenvalue weighted by Crippen LogP contribution is 2.22. The summed E-state index contributed by atoms with van der Waals surface area (Å²) in [4.78, 5) is 20.3. The van der Waals surface area contributed by atoms with E-state index in [1.807, 2.05) is 12.1 Å². The van der Waals surface area contributed by atoms with Gasteiger partial charge in [0.05, 0.1) is 11.6 Å². The highest BCUT2D eigenvalue weighted by Gasteiger charge is 2.20. The molecule has 2 aromatic heterocycles. The molecule has 0 aliphatic heterocycles. The summed E-state index contributed by atoms with van der Waals surface area (Å²) >= 11 is 5.68. The molecule has 1 unspecified atom stereocenters. The molecule has 0 aliphatic carbocycles. The minimum absolute atomic E-state index is 0.163. The van der Waals surface area contributed by atoms with Crippen molar-refractivity contribution in [3.05, 3.63) is 77.1 Å². The predicted octanol–water partition coefficient (Wildman–Crippen LogP) is 2.79. The molecule has 1 aromatic carbocycles. The van der Waals surface area contributed by atoms with Crippen molar-refractivity contribution in [1.29, 1.82) is 0 Å². The van der Waals surface area contributed by atoms with E-state index in [1.165, 1.54) is 18.3 Å². The number of aromatic nitrogens is 3. The summed E-state index contributed by atoms with van der Waals surface area (Å²) in [6.45, 7) is 0.483. The van der Waals surface area contributed by atoms with E-state index in [2.05, 4.69) is 15.3 Å². The molecule has 2 N–H and O–H groups in total. The van der Waals surface area contributed by atoms with Crippen molar-refractivity contribution in [2.24, 2.45) is 0 Å². The van der Waals surface area contributed by atoms with Gasteiger partial charge in [-0.2, -0.15) is 0 Å². The van der Waals surface area contributed by atoms with Crippen LogP contribution < -0.4 is 5.32 Å². The maximum Gasteiger partial charge on any atom is 0.260 e. The van der Waals surface area contributed by atoms with Crippen LogP contribution in [0, 0.1) is 5.82 Å². The fourth-order valence-corrected chi connectivity index (χ4v) is 2.45. The maximum absolute atomic E-state index is 13.2.